The van der Waals surface area contributed by atoms with Gasteiger partial charge in [0.15, 0.2) is 5.58 Å². The standard InChI is InChI=1S/C93H57N5OS/c1-93(2)70-38-18-12-32-64(70)80-81-68-49-46-55(52-76(68)96(58-29-10-5-11-30-58)87(81)84-67-35-15-21-41-73(67)98(89(84)86(80)93)74-42-24-37-63-62-31-17-23-44-79(62)100-92(63)74)54-45-48-60-61-50-47-59(53-77(61)94(75(60)51-54)56-25-6-3-7-26-56)97-72-40-20-14-34-66(72)85-88-82(83-69-36-16-22-43-78(69)99-91(83)90(85)97)65-33-13-19-39-71(65)95(88)57-27-8-4-9-28-57/h3-53H,1-2H3. The average Bonchev–Trinajstić information content (AvgIpc) is 1.51. The van der Waals surface area contributed by atoms with Crippen molar-refractivity contribution in [3.63, 3.8) is 0 Å². The van der Waals surface area contributed by atoms with Crippen LogP contribution in [0.4, 0.5) is 0 Å². The number of hydrogen-bond donors (Lipinski definition) is 0. The zero-order chi connectivity index (χ0) is 65.4. The number of hydrogen-bond acceptors (Lipinski definition) is 2. The summed E-state index contributed by atoms with van der Waals surface area (Å²) < 4.78 is 22.6. The summed E-state index contributed by atoms with van der Waals surface area (Å²) in [5.41, 5.74) is 26.2. The molecule has 0 unspecified atom stereocenters. The highest BCUT2D eigenvalue weighted by atomic mass is 32.1. The Balaban J connectivity index is 0.793. The van der Waals surface area contributed by atoms with Gasteiger partial charge in [-0.2, -0.15) is 0 Å². The molecule has 1 aliphatic rings. The summed E-state index contributed by atoms with van der Waals surface area (Å²) >= 11 is 1.90. The molecular weight excluding hydrogens is 1240 g/mol. The van der Waals surface area contributed by atoms with Crippen LogP contribution in [0.25, 0.3) is 202 Å². The maximum atomic E-state index is 7.27. The monoisotopic (exact) mass is 1290 g/mol. The molecule has 7 aromatic heterocycles. The second-order valence-corrected chi connectivity index (χ2v) is 28.8. The molecule has 0 bridgehead atoms. The molecule has 15 aromatic carbocycles. The molecule has 6 nitrogen and oxygen atoms in total. The Labute approximate surface area is 576 Å². The fourth-order valence-electron chi connectivity index (χ4n) is 18.4. The van der Waals surface area contributed by atoms with Crippen molar-refractivity contribution >= 4 is 162 Å². The van der Waals surface area contributed by atoms with Gasteiger partial charge in [-0.05, 0) is 130 Å². The number of nitrogens with zero attached hydrogens (tertiary/aromatic N) is 5. The molecule has 100 heavy (non-hydrogen) atoms. The summed E-state index contributed by atoms with van der Waals surface area (Å²) in [6, 6.07) is 115. The van der Waals surface area contributed by atoms with Crippen LogP contribution >= 0.6 is 11.3 Å². The lowest BCUT2D eigenvalue weighted by atomic mass is 9.81. The number of aromatic nitrogens is 5. The summed E-state index contributed by atoms with van der Waals surface area (Å²) in [5, 5.41) is 16.9. The van der Waals surface area contributed by atoms with Gasteiger partial charge >= 0.3 is 0 Å². The van der Waals surface area contributed by atoms with Crippen LogP contribution in [0, 0.1) is 0 Å². The Morgan fingerprint density at radius 1 is 0.300 bits per heavy atom. The summed E-state index contributed by atoms with van der Waals surface area (Å²) in [6.45, 7) is 4.91. The summed E-state index contributed by atoms with van der Waals surface area (Å²) in [4.78, 5) is 0. The zero-order valence-electron chi connectivity index (χ0n) is 54.5. The maximum Gasteiger partial charge on any atom is 0.160 e. The molecule has 0 saturated heterocycles. The number of furan rings is 1. The van der Waals surface area contributed by atoms with Gasteiger partial charge in [-0.3, -0.25) is 0 Å². The van der Waals surface area contributed by atoms with Crippen molar-refractivity contribution < 1.29 is 4.42 Å². The van der Waals surface area contributed by atoms with Gasteiger partial charge in [0.25, 0.3) is 0 Å². The lowest BCUT2D eigenvalue weighted by Gasteiger charge is -2.24. The third kappa shape index (κ3) is 7.00. The van der Waals surface area contributed by atoms with Crippen LogP contribution in [0.2, 0.25) is 0 Å². The van der Waals surface area contributed by atoms with Crippen LogP contribution in [0.3, 0.4) is 0 Å². The van der Waals surface area contributed by atoms with Crippen LogP contribution in [0.15, 0.2) is 314 Å². The predicted molar refractivity (Wildman–Crippen MR) is 421 cm³/mol. The van der Waals surface area contributed by atoms with Gasteiger partial charge in [0.2, 0.25) is 0 Å². The highest BCUT2D eigenvalue weighted by Gasteiger charge is 2.42. The average molecular weight is 1290 g/mol. The number of rotatable bonds is 6. The molecule has 0 fully saturated rings. The SMILES string of the molecule is CC1(C)c2ccccc2-c2c1c1c(c3ccccc3n1-c1cccc3c1sc1ccccc13)c1c2c2ccc(-c3ccc4c5ccc(-n6c7ccccc7c7c6c6oc8ccccc8c6c6c8ccccc8n(-c8ccccc8)c67)cc5n(-c5ccccc5)c4c3)cc2n1-c1ccccc1. The van der Waals surface area contributed by atoms with Crippen molar-refractivity contribution in [1.29, 1.82) is 0 Å². The van der Waals surface area contributed by atoms with Gasteiger partial charge in [0.1, 0.15) is 5.58 Å². The van der Waals surface area contributed by atoms with Crippen molar-refractivity contribution in [1.82, 2.24) is 22.8 Å². The Morgan fingerprint density at radius 3 is 1.47 bits per heavy atom. The molecule has 0 N–H and O–H groups in total. The third-order valence-corrected chi connectivity index (χ3v) is 23.6. The molecule has 0 atom stereocenters. The van der Waals surface area contributed by atoms with Crippen LogP contribution in [-0.2, 0) is 5.41 Å². The molecule has 466 valence electrons. The number of benzene rings is 15. The van der Waals surface area contributed by atoms with E-state index < -0.39 is 0 Å². The van der Waals surface area contributed by atoms with Crippen molar-refractivity contribution in [3.8, 4) is 50.7 Å². The quantitative estimate of drug-likeness (QED) is 0.163. The van der Waals surface area contributed by atoms with E-state index in [2.05, 4.69) is 346 Å². The molecular formula is C93H57N5OS. The van der Waals surface area contributed by atoms with E-state index in [4.69, 9.17) is 4.42 Å². The smallest absolute Gasteiger partial charge is 0.160 e. The first kappa shape index (κ1) is 54.4. The van der Waals surface area contributed by atoms with E-state index in [1.54, 1.807) is 0 Å². The highest BCUT2D eigenvalue weighted by molar-refractivity contribution is 7.26. The molecule has 0 aliphatic heterocycles. The lowest BCUT2D eigenvalue weighted by Crippen LogP contribution is -2.16. The minimum Gasteiger partial charge on any atom is -0.454 e. The molecule has 0 amide bonds. The molecule has 22 aromatic rings. The fourth-order valence-corrected chi connectivity index (χ4v) is 19.6. The Kier molecular flexibility index (Phi) is 10.8. The highest BCUT2D eigenvalue weighted by Crippen LogP contribution is 2.59. The number of para-hydroxylation sites is 7. The Hall–Kier alpha value is -12.7. The van der Waals surface area contributed by atoms with Crippen molar-refractivity contribution in [3.05, 3.63) is 321 Å². The Bertz CT molecular complexity index is 7350. The number of fused-ring (bicyclic) bond motifs is 30. The molecule has 7 heterocycles. The molecule has 1 aliphatic carbocycles. The molecule has 7 heteroatoms. The second kappa shape index (κ2) is 19.8. The first-order valence-electron chi connectivity index (χ1n) is 34.6. The summed E-state index contributed by atoms with van der Waals surface area (Å²) in [6.07, 6.45) is 0. The topological polar surface area (TPSA) is 37.8 Å². The van der Waals surface area contributed by atoms with Gasteiger partial charge in [0, 0.05) is 108 Å². The molecule has 23 rings (SSSR count). The molecule has 0 saturated carbocycles. The van der Waals surface area contributed by atoms with E-state index in [0.29, 0.717) is 0 Å². The van der Waals surface area contributed by atoms with Crippen LogP contribution in [-0.4, -0.2) is 22.8 Å². The minimum atomic E-state index is -0.338. The third-order valence-electron chi connectivity index (χ3n) is 22.4. The van der Waals surface area contributed by atoms with Crippen LogP contribution < -0.4 is 0 Å². The van der Waals surface area contributed by atoms with E-state index in [0.717, 1.165) is 94.2 Å². The van der Waals surface area contributed by atoms with Crippen molar-refractivity contribution in [2.75, 3.05) is 0 Å². The predicted octanol–water partition coefficient (Wildman–Crippen LogP) is 25.4. The first-order valence-corrected chi connectivity index (χ1v) is 35.4. The van der Waals surface area contributed by atoms with Gasteiger partial charge in [-0.25, -0.2) is 0 Å². The van der Waals surface area contributed by atoms with Gasteiger partial charge < -0.3 is 27.3 Å². The van der Waals surface area contributed by atoms with Gasteiger partial charge in [-0.15, -0.1) is 11.3 Å². The van der Waals surface area contributed by atoms with E-state index in [1.165, 1.54) is 119 Å². The normalized spacial score (nSPS) is 13.2. The number of thiophene rings is 1. The largest absolute Gasteiger partial charge is 0.454 e. The van der Waals surface area contributed by atoms with Crippen molar-refractivity contribution in [2.45, 2.75) is 19.3 Å². The van der Waals surface area contributed by atoms with E-state index in [-0.39, 0.29) is 5.41 Å². The van der Waals surface area contributed by atoms with E-state index >= 15 is 0 Å². The van der Waals surface area contributed by atoms with Gasteiger partial charge in [0.05, 0.1) is 65.6 Å². The maximum absolute atomic E-state index is 7.27. The van der Waals surface area contributed by atoms with Crippen LogP contribution in [0.1, 0.15) is 25.0 Å². The first-order chi connectivity index (χ1) is 49.4. The second-order valence-electron chi connectivity index (χ2n) is 27.8. The van der Waals surface area contributed by atoms with Crippen molar-refractivity contribution in [2.24, 2.45) is 0 Å². The van der Waals surface area contributed by atoms with E-state index in [1.807, 2.05) is 11.3 Å². The Morgan fingerprint density at radius 2 is 0.780 bits per heavy atom. The summed E-state index contributed by atoms with van der Waals surface area (Å²) in [7, 11) is 0. The van der Waals surface area contributed by atoms with E-state index in [9.17, 15) is 0 Å². The van der Waals surface area contributed by atoms with Gasteiger partial charge in [-0.1, -0.05) is 226 Å². The molecule has 0 spiro atoms. The lowest BCUT2D eigenvalue weighted by molar-refractivity contribution is 0.664. The zero-order valence-corrected chi connectivity index (χ0v) is 55.3. The molecule has 0 radical (unpaired) electrons. The fraction of sp³-hybridized carbons (Fsp3) is 0.0323. The minimum absolute atomic E-state index is 0.338. The van der Waals surface area contributed by atoms with Crippen LogP contribution in [0.5, 0.6) is 0 Å². The summed E-state index contributed by atoms with van der Waals surface area (Å²) in [5.74, 6) is 0.